The molecule has 0 radical (unpaired) electrons. The largest absolute Gasteiger partial charge is 0.291 e. The van der Waals surface area contributed by atoms with Crippen LogP contribution < -0.4 is 0 Å². The molecule has 0 N–H and O–H groups in total. The summed E-state index contributed by atoms with van der Waals surface area (Å²) in [4.78, 5) is 0. The first kappa shape index (κ1) is 16.8. The number of halogens is 2. The van der Waals surface area contributed by atoms with Crippen LogP contribution in [-0.2, 0) is 0 Å². The van der Waals surface area contributed by atoms with Gasteiger partial charge in [-0.05, 0) is 25.8 Å². The van der Waals surface area contributed by atoms with Crippen molar-refractivity contribution in [3.63, 3.8) is 0 Å². The van der Waals surface area contributed by atoms with Gasteiger partial charge in [0.2, 0.25) is 0 Å². The van der Waals surface area contributed by atoms with Crippen molar-refractivity contribution in [2.75, 3.05) is 0 Å². The quantitative estimate of drug-likeness (QED) is 0.275. The Morgan fingerprint density at radius 3 is 2.50 bits per heavy atom. The minimum atomic E-state index is -2.94. The zero-order valence-electron chi connectivity index (χ0n) is 11.5. The molecule has 0 saturated carbocycles. The zero-order valence-corrected chi connectivity index (χ0v) is 11.5. The van der Waals surface area contributed by atoms with Gasteiger partial charge in [0.25, 0.3) is 5.92 Å². The smallest absolute Gasteiger partial charge is 0.197 e. The van der Waals surface area contributed by atoms with Crippen molar-refractivity contribution < 1.29 is 8.78 Å². The van der Waals surface area contributed by atoms with Crippen molar-refractivity contribution >= 4 is 0 Å². The van der Waals surface area contributed by atoms with Crippen LogP contribution >= 0.6 is 0 Å². The van der Waals surface area contributed by atoms with E-state index in [4.69, 9.17) is 0 Å². The van der Waals surface area contributed by atoms with Crippen molar-refractivity contribution in [1.82, 2.24) is 0 Å². The lowest BCUT2D eigenvalue weighted by atomic mass is 10.1. The SMILES string of the molecule is C=C(/C=C\C=C/C)C(F)(F)/C=C/CCCCCC. The maximum absolute atomic E-state index is 13.6. The molecule has 0 saturated heterocycles. The second-order valence-corrected chi connectivity index (χ2v) is 4.28. The molecule has 102 valence electrons. The molecule has 0 heterocycles. The summed E-state index contributed by atoms with van der Waals surface area (Å²) in [5.74, 6) is -2.94. The fraction of sp³-hybridized carbons (Fsp3) is 0.500. The van der Waals surface area contributed by atoms with E-state index in [1.807, 2.05) is 6.92 Å². The van der Waals surface area contributed by atoms with E-state index in [9.17, 15) is 8.78 Å². The third kappa shape index (κ3) is 7.99. The summed E-state index contributed by atoms with van der Waals surface area (Å²) >= 11 is 0. The van der Waals surface area contributed by atoms with Crippen molar-refractivity contribution in [2.45, 2.75) is 51.9 Å². The normalized spacial score (nSPS) is 13.1. The van der Waals surface area contributed by atoms with Crippen LogP contribution in [0.2, 0.25) is 0 Å². The van der Waals surface area contributed by atoms with Crippen molar-refractivity contribution in [3.8, 4) is 0 Å². The predicted octanol–water partition coefficient (Wildman–Crippen LogP) is 5.84. The Morgan fingerprint density at radius 1 is 1.17 bits per heavy atom. The molecule has 0 fully saturated rings. The van der Waals surface area contributed by atoms with Crippen LogP contribution in [0.15, 0.2) is 48.6 Å². The predicted molar refractivity (Wildman–Crippen MR) is 75.9 cm³/mol. The number of hydrogen-bond donors (Lipinski definition) is 0. The van der Waals surface area contributed by atoms with E-state index in [0.29, 0.717) is 6.42 Å². The summed E-state index contributed by atoms with van der Waals surface area (Å²) in [6.07, 6.45) is 14.0. The molecule has 18 heavy (non-hydrogen) atoms. The van der Waals surface area contributed by atoms with E-state index in [1.165, 1.54) is 12.5 Å². The summed E-state index contributed by atoms with van der Waals surface area (Å²) < 4.78 is 27.1. The molecule has 0 amide bonds. The van der Waals surface area contributed by atoms with Gasteiger partial charge in [-0.2, -0.15) is 8.78 Å². The number of rotatable bonds is 9. The summed E-state index contributed by atoms with van der Waals surface area (Å²) in [5.41, 5.74) is -0.176. The maximum atomic E-state index is 13.6. The number of alkyl halides is 2. The van der Waals surface area contributed by atoms with E-state index in [0.717, 1.165) is 25.3 Å². The summed E-state index contributed by atoms with van der Waals surface area (Å²) in [7, 11) is 0. The highest BCUT2D eigenvalue weighted by atomic mass is 19.3. The highest BCUT2D eigenvalue weighted by Crippen LogP contribution is 2.25. The maximum Gasteiger partial charge on any atom is 0.291 e. The fourth-order valence-corrected chi connectivity index (χ4v) is 1.42. The van der Waals surface area contributed by atoms with Crippen LogP contribution in [0, 0.1) is 0 Å². The van der Waals surface area contributed by atoms with Gasteiger partial charge in [-0.15, -0.1) is 0 Å². The molecule has 0 aliphatic rings. The zero-order chi connectivity index (χ0) is 13.9. The number of unbranched alkanes of at least 4 members (excludes halogenated alkanes) is 4. The van der Waals surface area contributed by atoms with Crippen LogP contribution in [0.25, 0.3) is 0 Å². The van der Waals surface area contributed by atoms with E-state index >= 15 is 0 Å². The molecule has 0 bridgehead atoms. The third-order valence-corrected chi connectivity index (χ3v) is 2.58. The van der Waals surface area contributed by atoms with Gasteiger partial charge in [0.05, 0.1) is 0 Å². The lowest BCUT2D eigenvalue weighted by molar-refractivity contribution is 0.101. The van der Waals surface area contributed by atoms with Gasteiger partial charge in [-0.1, -0.05) is 63.1 Å². The van der Waals surface area contributed by atoms with Crippen LogP contribution in [0.1, 0.15) is 46.0 Å². The molecule has 0 nitrogen and oxygen atoms in total. The van der Waals surface area contributed by atoms with E-state index in [1.54, 1.807) is 24.3 Å². The molecule has 0 aromatic rings. The van der Waals surface area contributed by atoms with Crippen molar-refractivity contribution in [2.24, 2.45) is 0 Å². The number of allylic oxidation sites excluding steroid dienone is 7. The first-order valence-electron chi connectivity index (χ1n) is 6.58. The van der Waals surface area contributed by atoms with E-state index < -0.39 is 5.92 Å². The minimum absolute atomic E-state index is 0.176. The molecule has 2 heteroatoms. The molecular formula is C16H24F2. The molecule has 0 rings (SSSR count). The highest BCUT2D eigenvalue weighted by molar-refractivity contribution is 5.29. The highest BCUT2D eigenvalue weighted by Gasteiger charge is 2.26. The van der Waals surface area contributed by atoms with Gasteiger partial charge >= 0.3 is 0 Å². The van der Waals surface area contributed by atoms with Crippen LogP contribution in [-0.4, -0.2) is 5.92 Å². The Labute approximate surface area is 110 Å². The minimum Gasteiger partial charge on any atom is -0.197 e. The lowest BCUT2D eigenvalue weighted by Crippen LogP contribution is -2.13. The molecule has 0 spiro atoms. The Balaban J connectivity index is 4.11. The van der Waals surface area contributed by atoms with Gasteiger partial charge in [0.15, 0.2) is 0 Å². The second kappa shape index (κ2) is 9.81. The summed E-state index contributed by atoms with van der Waals surface area (Å²) in [5, 5.41) is 0. The molecule has 0 aromatic carbocycles. The monoisotopic (exact) mass is 254 g/mol. The Kier molecular flexibility index (Phi) is 9.17. The average molecular weight is 254 g/mol. The topological polar surface area (TPSA) is 0 Å². The van der Waals surface area contributed by atoms with Crippen LogP contribution in [0.5, 0.6) is 0 Å². The standard InChI is InChI=1S/C16H24F2/c1-4-6-8-9-10-12-14-16(17,18)15(3)13-11-7-5-2/h5,7,11-14H,3-4,6,8-10H2,1-2H3/b7-5-,13-11-,14-12+. The Hall–Kier alpha value is -1.18. The third-order valence-electron chi connectivity index (χ3n) is 2.58. The summed E-state index contributed by atoms with van der Waals surface area (Å²) in [6, 6.07) is 0. The van der Waals surface area contributed by atoms with Crippen LogP contribution in [0.4, 0.5) is 8.78 Å². The molecule has 0 aliphatic carbocycles. The van der Waals surface area contributed by atoms with Gasteiger partial charge in [0.1, 0.15) is 0 Å². The second-order valence-electron chi connectivity index (χ2n) is 4.28. The average Bonchev–Trinajstić information content (AvgIpc) is 2.33. The Bertz CT molecular complexity index is 309. The Morgan fingerprint density at radius 2 is 1.89 bits per heavy atom. The van der Waals surface area contributed by atoms with Gasteiger partial charge in [-0.3, -0.25) is 0 Å². The first-order valence-corrected chi connectivity index (χ1v) is 6.58. The summed E-state index contributed by atoms with van der Waals surface area (Å²) in [6.45, 7) is 7.37. The van der Waals surface area contributed by atoms with Crippen LogP contribution in [0.3, 0.4) is 0 Å². The number of hydrogen-bond acceptors (Lipinski definition) is 0. The van der Waals surface area contributed by atoms with E-state index in [2.05, 4.69) is 13.5 Å². The fourth-order valence-electron chi connectivity index (χ4n) is 1.42. The van der Waals surface area contributed by atoms with Crippen molar-refractivity contribution in [1.29, 1.82) is 0 Å². The first-order chi connectivity index (χ1) is 8.54. The van der Waals surface area contributed by atoms with Gasteiger partial charge in [0, 0.05) is 5.57 Å². The van der Waals surface area contributed by atoms with Gasteiger partial charge in [-0.25, -0.2) is 0 Å². The van der Waals surface area contributed by atoms with Gasteiger partial charge < -0.3 is 0 Å². The molecular weight excluding hydrogens is 230 g/mol. The van der Waals surface area contributed by atoms with Crippen molar-refractivity contribution in [3.05, 3.63) is 48.6 Å². The molecule has 0 aliphatic heterocycles. The molecule has 0 atom stereocenters. The molecule has 0 aromatic heterocycles. The van der Waals surface area contributed by atoms with E-state index in [-0.39, 0.29) is 5.57 Å². The lowest BCUT2D eigenvalue weighted by Gasteiger charge is -2.11. The molecule has 0 unspecified atom stereocenters.